The van der Waals surface area contributed by atoms with E-state index < -0.39 is 10.8 Å². The molecule has 112 valence electrons. The summed E-state index contributed by atoms with van der Waals surface area (Å²) in [5.74, 6) is 2.40. The molecular weight excluding hydrogens is 270 g/mol. The first-order valence-corrected chi connectivity index (χ1v) is 9.02. The van der Waals surface area contributed by atoms with Gasteiger partial charge in [-0.3, -0.25) is 4.21 Å². The van der Waals surface area contributed by atoms with Gasteiger partial charge in [0, 0.05) is 34.9 Å². The van der Waals surface area contributed by atoms with Crippen LogP contribution in [0.25, 0.3) is 0 Å². The van der Waals surface area contributed by atoms with E-state index in [9.17, 15) is 4.21 Å². The summed E-state index contributed by atoms with van der Waals surface area (Å²) in [6, 6.07) is 9.34. The Balaban J connectivity index is 1.78. The number of hydrogen-bond donors (Lipinski definition) is 1. The molecule has 0 saturated heterocycles. The molecule has 1 aromatic rings. The molecule has 0 aromatic heterocycles. The molecule has 1 saturated carbocycles. The lowest BCUT2D eigenvalue weighted by Gasteiger charge is -2.38. The second-order valence-corrected chi connectivity index (χ2v) is 7.30. The first kappa shape index (κ1) is 15.5. The fourth-order valence-electron chi connectivity index (χ4n) is 2.84. The van der Waals surface area contributed by atoms with Gasteiger partial charge in [0.15, 0.2) is 0 Å². The summed E-state index contributed by atoms with van der Waals surface area (Å²) in [6.45, 7) is 2.18. The Labute approximate surface area is 124 Å². The van der Waals surface area contributed by atoms with E-state index in [1.807, 2.05) is 12.1 Å². The van der Waals surface area contributed by atoms with Crippen LogP contribution in [-0.4, -0.2) is 35.4 Å². The molecule has 1 aliphatic carbocycles. The molecule has 1 aliphatic rings. The number of benzene rings is 1. The standard InChI is InChI=1S/C16H25NO2S/c1-12(8-9-20(3)18)17-14-10-13(11-14)15-6-4-5-7-16(15)19-2/h4-7,12-14,17H,8-11H2,1-3H3. The minimum Gasteiger partial charge on any atom is -0.496 e. The third kappa shape index (κ3) is 4.06. The number of para-hydroxylation sites is 1. The van der Waals surface area contributed by atoms with Crippen LogP contribution >= 0.6 is 0 Å². The van der Waals surface area contributed by atoms with Gasteiger partial charge in [-0.1, -0.05) is 18.2 Å². The van der Waals surface area contributed by atoms with Crippen molar-refractivity contribution in [3.63, 3.8) is 0 Å². The summed E-state index contributed by atoms with van der Waals surface area (Å²) >= 11 is 0. The van der Waals surface area contributed by atoms with Gasteiger partial charge in [-0.05, 0) is 43.7 Å². The lowest BCUT2D eigenvalue weighted by Crippen LogP contribution is -2.44. The van der Waals surface area contributed by atoms with Crippen LogP contribution in [0.2, 0.25) is 0 Å². The molecule has 20 heavy (non-hydrogen) atoms. The maximum Gasteiger partial charge on any atom is 0.122 e. The number of methoxy groups -OCH3 is 1. The zero-order chi connectivity index (χ0) is 14.5. The largest absolute Gasteiger partial charge is 0.496 e. The Bertz CT molecular complexity index is 458. The van der Waals surface area contributed by atoms with Gasteiger partial charge in [-0.15, -0.1) is 0 Å². The van der Waals surface area contributed by atoms with Crippen molar-refractivity contribution in [1.82, 2.24) is 5.32 Å². The van der Waals surface area contributed by atoms with Gasteiger partial charge in [0.05, 0.1) is 7.11 Å². The van der Waals surface area contributed by atoms with Crippen molar-refractivity contribution in [2.24, 2.45) is 0 Å². The van der Waals surface area contributed by atoms with Crippen LogP contribution in [0.4, 0.5) is 0 Å². The molecule has 1 fully saturated rings. The molecule has 1 N–H and O–H groups in total. The van der Waals surface area contributed by atoms with E-state index in [4.69, 9.17) is 4.74 Å². The highest BCUT2D eigenvalue weighted by Gasteiger charge is 2.32. The van der Waals surface area contributed by atoms with Crippen LogP contribution in [0.5, 0.6) is 5.75 Å². The normalized spacial score (nSPS) is 24.8. The van der Waals surface area contributed by atoms with E-state index in [-0.39, 0.29) is 0 Å². The highest BCUT2D eigenvalue weighted by molar-refractivity contribution is 7.84. The van der Waals surface area contributed by atoms with Gasteiger partial charge >= 0.3 is 0 Å². The lowest BCUT2D eigenvalue weighted by atomic mass is 9.75. The van der Waals surface area contributed by atoms with Gasteiger partial charge in [-0.2, -0.15) is 0 Å². The molecule has 0 bridgehead atoms. The zero-order valence-electron chi connectivity index (χ0n) is 12.6. The molecule has 2 rings (SSSR count). The van der Waals surface area contributed by atoms with E-state index in [2.05, 4.69) is 24.4 Å². The lowest BCUT2D eigenvalue weighted by molar-refractivity contribution is 0.262. The Morgan fingerprint density at radius 1 is 1.40 bits per heavy atom. The molecule has 0 radical (unpaired) electrons. The zero-order valence-corrected chi connectivity index (χ0v) is 13.4. The van der Waals surface area contributed by atoms with Crippen LogP contribution in [0.15, 0.2) is 24.3 Å². The molecule has 0 aliphatic heterocycles. The van der Waals surface area contributed by atoms with Crippen molar-refractivity contribution in [3.05, 3.63) is 29.8 Å². The van der Waals surface area contributed by atoms with Crippen LogP contribution in [0.3, 0.4) is 0 Å². The van der Waals surface area contributed by atoms with Gasteiger partial charge in [-0.25, -0.2) is 0 Å². The summed E-state index contributed by atoms with van der Waals surface area (Å²) in [6.07, 6.45) is 5.09. The van der Waals surface area contributed by atoms with E-state index >= 15 is 0 Å². The van der Waals surface area contributed by atoms with Crippen LogP contribution in [-0.2, 0) is 10.8 Å². The van der Waals surface area contributed by atoms with E-state index in [0.717, 1.165) is 17.9 Å². The second kappa shape index (κ2) is 7.23. The molecule has 1 aromatic carbocycles. The predicted molar refractivity (Wildman–Crippen MR) is 84.9 cm³/mol. The topological polar surface area (TPSA) is 38.3 Å². The Kier molecular flexibility index (Phi) is 5.61. The molecule has 0 spiro atoms. The van der Waals surface area contributed by atoms with Crippen molar-refractivity contribution < 1.29 is 8.95 Å². The fraction of sp³-hybridized carbons (Fsp3) is 0.625. The fourth-order valence-corrected chi connectivity index (χ4v) is 3.53. The number of nitrogens with one attached hydrogen (secondary N) is 1. The third-order valence-corrected chi connectivity index (χ3v) is 4.89. The minimum absolute atomic E-state index is 0.447. The van der Waals surface area contributed by atoms with Gasteiger partial charge < -0.3 is 10.1 Å². The minimum atomic E-state index is -0.682. The molecule has 2 atom stereocenters. The van der Waals surface area contributed by atoms with Crippen molar-refractivity contribution in [2.45, 2.75) is 44.2 Å². The summed E-state index contributed by atoms with van der Waals surface area (Å²) in [5.41, 5.74) is 1.33. The van der Waals surface area contributed by atoms with Gasteiger partial charge in [0.2, 0.25) is 0 Å². The van der Waals surface area contributed by atoms with E-state index in [1.54, 1.807) is 13.4 Å². The third-order valence-electron chi connectivity index (χ3n) is 4.08. The smallest absolute Gasteiger partial charge is 0.122 e. The molecule has 0 amide bonds. The Morgan fingerprint density at radius 3 is 2.75 bits per heavy atom. The van der Waals surface area contributed by atoms with Crippen molar-refractivity contribution in [1.29, 1.82) is 0 Å². The molecular formula is C16H25NO2S. The monoisotopic (exact) mass is 295 g/mol. The van der Waals surface area contributed by atoms with Crippen LogP contribution in [0, 0.1) is 0 Å². The molecule has 2 unspecified atom stereocenters. The molecule has 3 nitrogen and oxygen atoms in total. The highest BCUT2D eigenvalue weighted by Crippen LogP contribution is 2.41. The van der Waals surface area contributed by atoms with E-state index in [1.165, 1.54) is 18.4 Å². The number of rotatable bonds is 7. The van der Waals surface area contributed by atoms with E-state index in [0.29, 0.717) is 18.0 Å². The van der Waals surface area contributed by atoms with Crippen molar-refractivity contribution in [2.75, 3.05) is 19.1 Å². The van der Waals surface area contributed by atoms with Crippen LogP contribution < -0.4 is 10.1 Å². The first-order valence-electron chi connectivity index (χ1n) is 7.29. The quantitative estimate of drug-likeness (QED) is 0.840. The van der Waals surface area contributed by atoms with Crippen LogP contribution in [0.1, 0.15) is 37.7 Å². The highest BCUT2D eigenvalue weighted by atomic mass is 32.2. The Hall–Kier alpha value is -0.870. The van der Waals surface area contributed by atoms with Gasteiger partial charge in [0.1, 0.15) is 5.75 Å². The predicted octanol–water partition coefficient (Wildman–Crippen LogP) is 2.69. The summed E-state index contributed by atoms with van der Waals surface area (Å²) in [5, 5.41) is 3.63. The average molecular weight is 295 g/mol. The van der Waals surface area contributed by atoms with Crippen molar-refractivity contribution >= 4 is 10.8 Å². The Morgan fingerprint density at radius 2 is 2.10 bits per heavy atom. The molecule has 0 heterocycles. The SMILES string of the molecule is COc1ccccc1C1CC(NC(C)CCS(C)=O)C1. The van der Waals surface area contributed by atoms with Crippen molar-refractivity contribution in [3.8, 4) is 5.75 Å². The summed E-state index contributed by atoms with van der Waals surface area (Å²) in [4.78, 5) is 0. The number of ether oxygens (including phenoxy) is 1. The summed E-state index contributed by atoms with van der Waals surface area (Å²) < 4.78 is 16.5. The maximum absolute atomic E-state index is 11.1. The maximum atomic E-state index is 11.1. The van der Waals surface area contributed by atoms with Gasteiger partial charge in [0.25, 0.3) is 0 Å². The molecule has 4 heteroatoms. The number of hydrogen-bond acceptors (Lipinski definition) is 3. The first-order chi connectivity index (χ1) is 9.60. The second-order valence-electron chi connectivity index (χ2n) is 5.74. The summed E-state index contributed by atoms with van der Waals surface area (Å²) in [7, 11) is 1.05. The average Bonchev–Trinajstić information content (AvgIpc) is 2.40.